The molecule has 104 valence electrons. The van der Waals surface area contributed by atoms with Gasteiger partial charge in [0.2, 0.25) is 5.91 Å². The Morgan fingerprint density at radius 1 is 1.42 bits per heavy atom. The smallest absolute Gasteiger partial charge is 0.318 e. The number of piperazine rings is 1. The molecule has 3 N–H and O–H groups in total. The van der Waals surface area contributed by atoms with E-state index >= 15 is 0 Å². The van der Waals surface area contributed by atoms with E-state index in [4.69, 9.17) is 5.73 Å². The summed E-state index contributed by atoms with van der Waals surface area (Å²) in [4.78, 5) is 30.8. The van der Waals surface area contributed by atoms with Gasteiger partial charge in [-0.15, -0.1) is 11.3 Å². The Balaban J connectivity index is 1.85. The molecule has 1 aromatic rings. The van der Waals surface area contributed by atoms with E-state index in [0.29, 0.717) is 0 Å². The SMILES string of the molecule is C[C@H](C(=O)NC(N)=O)N1CCN(c2nccs2)CC1. The number of rotatable bonds is 3. The number of anilines is 1. The van der Waals surface area contributed by atoms with Crippen LogP contribution in [0.15, 0.2) is 11.6 Å². The van der Waals surface area contributed by atoms with Crippen LogP contribution in [0.25, 0.3) is 0 Å². The van der Waals surface area contributed by atoms with Crippen LogP contribution in [-0.4, -0.2) is 54.0 Å². The zero-order valence-corrected chi connectivity index (χ0v) is 11.5. The number of primary amides is 1. The maximum Gasteiger partial charge on any atom is 0.318 e. The van der Waals surface area contributed by atoms with Crippen LogP contribution in [0.4, 0.5) is 9.93 Å². The van der Waals surface area contributed by atoms with Crippen LogP contribution in [0, 0.1) is 0 Å². The number of carbonyl (C=O) groups excluding carboxylic acids is 2. The van der Waals surface area contributed by atoms with Crippen molar-refractivity contribution in [2.24, 2.45) is 5.73 Å². The number of urea groups is 1. The molecule has 19 heavy (non-hydrogen) atoms. The molecule has 1 atom stereocenters. The number of hydrogen-bond donors (Lipinski definition) is 2. The van der Waals surface area contributed by atoms with Crippen LogP contribution in [0.1, 0.15) is 6.92 Å². The second-order valence-electron chi connectivity index (χ2n) is 4.37. The van der Waals surface area contributed by atoms with E-state index in [1.165, 1.54) is 0 Å². The van der Waals surface area contributed by atoms with Crippen LogP contribution in [0.3, 0.4) is 0 Å². The lowest BCUT2D eigenvalue weighted by Gasteiger charge is -2.37. The quantitative estimate of drug-likeness (QED) is 0.805. The lowest BCUT2D eigenvalue weighted by Crippen LogP contribution is -2.55. The molecule has 1 aliphatic rings. The van der Waals surface area contributed by atoms with Gasteiger partial charge in [-0.25, -0.2) is 9.78 Å². The first-order chi connectivity index (χ1) is 9.08. The molecule has 1 aliphatic heterocycles. The zero-order valence-electron chi connectivity index (χ0n) is 10.7. The Hall–Kier alpha value is -1.67. The predicted octanol–water partition coefficient (Wildman–Crippen LogP) is -0.151. The molecular formula is C11H17N5O2S. The third-order valence-corrected chi connectivity index (χ3v) is 4.01. The maximum atomic E-state index is 11.7. The molecular weight excluding hydrogens is 266 g/mol. The lowest BCUT2D eigenvalue weighted by atomic mass is 10.2. The van der Waals surface area contributed by atoms with Gasteiger partial charge in [-0.2, -0.15) is 0 Å². The minimum atomic E-state index is -0.807. The predicted molar refractivity (Wildman–Crippen MR) is 73.1 cm³/mol. The van der Waals surface area contributed by atoms with Crippen LogP contribution in [0.5, 0.6) is 0 Å². The third kappa shape index (κ3) is 3.42. The van der Waals surface area contributed by atoms with Crippen molar-refractivity contribution in [2.75, 3.05) is 31.1 Å². The Labute approximate surface area is 115 Å². The molecule has 0 radical (unpaired) electrons. The van der Waals surface area contributed by atoms with Crippen LogP contribution < -0.4 is 16.0 Å². The van der Waals surface area contributed by atoms with Gasteiger partial charge in [-0.3, -0.25) is 15.0 Å². The van der Waals surface area contributed by atoms with Gasteiger partial charge < -0.3 is 10.6 Å². The average Bonchev–Trinajstić information content (AvgIpc) is 2.91. The van der Waals surface area contributed by atoms with Crippen molar-refractivity contribution in [3.05, 3.63) is 11.6 Å². The summed E-state index contributed by atoms with van der Waals surface area (Å²) >= 11 is 1.61. The average molecular weight is 283 g/mol. The highest BCUT2D eigenvalue weighted by molar-refractivity contribution is 7.13. The van der Waals surface area contributed by atoms with E-state index in [1.807, 2.05) is 10.3 Å². The number of thiazole rings is 1. The molecule has 8 heteroatoms. The molecule has 0 bridgehead atoms. The lowest BCUT2D eigenvalue weighted by molar-refractivity contribution is -0.124. The molecule has 1 aromatic heterocycles. The van der Waals surface area contributed by atoms with Crippen LogP contribution in [-0.2, 0) is 4.79 Å². The molecule has 2 rings (SSSR count). The summed E-state index contributed by atoms with van der Waals surface area (Å²) in [6.07, 6.45) is 1.79. The first-order valence-electron chi connectivity index (χ1n) is 6.06. The molecule has 0 aliphatic carbocycles. The molecule has 1 saturated heterocycles. The van der Waals surface area contributed by atoms with Crippen LogP contribution >= 0.6 is 11.3 Å². The van der Waals surface area contributed by atoms with Gasteiger partial charge >= 0.3 is 6.03 Å². The molecule has 1 fully saturated rings. The first-order valence-corrected chi connectivity index (χ1v) is 6.94. The second-order valence-corrected chi connectivity index (χ2v) is 5.24. The summed E-state index contributed by atoms with van der Waals surface area (Å²) in [5.41, 5.74) is 4.94. The summed E-state index contributed by atoms with van der Waals surface area (Å²) in [6, 6.07) is -1.16. The van der Waals surface area contributed by atoms with E-state index < -0.39 is 6.03 Å². The van der Waals surface area contributed by atoms with Crippen molar-refractivity contribution in [1.29, 1.82) is 0 Å². The highest BCUT2D eigenvalue weighted by Gasteiger charge is 2.26. The standard InChI is InChI=1S/C11H17N5O2S/c1-8(9(17)14-10(12)18)15-3-5-16(6-4-15)11-13-2-7-19-11/h2,7-8H,3-6H2,1H3,(H3,12,14,17,18)/t8-/m1/s1. The minimum absolute atomic E-state index is 0.352. The fourth-order valence-corrected chi connectivity index (χ4v) is 2.76. The number of carbonyl (C=O) groups is 2. The summed E-state index contributed by atoms with van der Waals surface area (Å²) in [5.74, 6) is -0.352. The molecule has 0 unspecified atom stereocenters. The van der Waals surface area contributed by atoms with E-state index in [1.54, 1.807) is 24.5 Å². The Morgan fingerprint density at radius 3 is 2.63 bits per heavy atom. The zero-order chi connectivity index (χ0) is 13.8. The number of nitrogens with zero attached hydrogens (tertiary/aromatic N) is 3. The second kappa shape index (κ2) is 5.98. The summed E-state index contributed by atoms with van der Waals surface area (Å²) in [6.45, 7) is 4.93. The molecule has 0 spiro atoms. The van der Waals surface area contributed by atoms with E-state index in [0.717, 1.165) is 31.3 Å². The van der Waals surface area contributed by atoms with Gasteiger partial charge in [0.25, 0.3) is 0 Å². The molecule has 3 amide bonds. The number of nitrogens with one attached hydrogen (secondary N) is 1. The minimum Gasteiger partial charge on any atom is -0.351 e. The first kappa shape index (κ1) is 13.8. The molecule has 0 saturated carbocycles. The largest absolute Gasteiger partial charge is 0.351 e. The fourth-order valence-electron chi connectivity index (χ4n) is 2.06. The number of amides is 3. The summed E-state index contributed by atoms with van der Waals surface area (Å²) in [7, 11) is 0. The maximum absolute atomic E-state index is 11.7. The van der Waals surface area contributed by atoms with Crippen molar-refractivity contribution in [1.82, 2.24) is 15.2 Å². The van der Waals surface area contributed by atoms with Crippen molar-refractivity contribution in [2.45, 2.75) is 13.0 Å². The molecule has 7 nitrogen and oxygen atoms in total. The van der Waals surface area contributed by atoms with E-state index in [9.17, 15) is 9.59 Å². The van der Waals surface area contributed by atoms with Gasteiger partial charge in [-0.05, 0) is 6.92 Å². The highest BCUT2D eigenvalue weighted by Crippen LogP contribution is 2.19. The summed E-state index contributed by atoms with van der Waals surface area (Å²) < 4.78 is 0. The van der Waals surface area contributed by atoms with Crippen molar-refractivity contribution < 1.29 is 9.59 Å². The van der Waals surface area contributed by atoms with Gasteiger partial charge in [-0.1, -0.05) is 0 Å². The fraction of sp³-hybridized carbons (Fsp3) is 0.545. The van der Waals surface area contributed by atoms with Gasteiger partial charge in [0.05, 0.1) is 6.04 Å². The third-order valence-electron chi connectivity index (χ3n) is 3.18. The van der Waals surface area contributed by atoms with Crippen molar-refractivity contribution in [3.63, 3.8) is 0 Å². The number of nitrogens with two attached hydrogens (primary N) is 1. The Kier molecular flexibility index (Phi) is 4.33. The monoisotopic (exact) mass is 283 g/mol. The van der Waals surface area contributed by atoms with Gasteiger partial charge in [0.15, 0.2) is 5.13 Å². The van der Waals surface area contributed by atoms with Crippen molar-refractivity contribution in [3.8, 4) is 0 Å². The molecule has 2 heterocycles. The number of aromatic nitrogens is 1. The van der Waals surface area contributed by atoms with Gasteiger partial charge in [0.1, 0.15) is 0 Å². The van der Waals surface area contributed by atoms with Crippen molar-refractivity contribution >= 4 is 28.4 Å². The normalized spacial score (nSPS) is 18.1. The van der Waals surface area contributed by atoms with Gasteiger partial charge in [0, 0.05) is 37.8 Å². The summed E-state index contributed by atoms with van der Waals surface area (Å²) in [5, 5.41) is 5.07. The number of hydrogen-bond acceptors (Lipinski definition) is 6. The van der Waals surface area contributed by atoms with Crippen LogP contribution in [0.2, 0.25) is 0 Å². The van der Waals surface area contributed by atoms with E-state index in [2.05, 4.69) is 15.2 Å². The molecule has 0 aromatic carbocycles. The topological polar surface area (TPSA) is 91.6 Å². The Bertz CT molecular complexity index is 442. The number of imide groups is 1. The van der Waals surface area contributed by atoms with E-state index in [-0.39, 0.29) is 11.9 Å². The highest BCUT2D eigenvalue weighted by atomic mass is 32.1. The Morgan fingerprint density at radius 2 is 2.11 bits per heavy atom.